The zero-order valence-electron chi connectivity index (χ0n) is 13.7. The van der Waals surface area contributed by atoms with Crippen LogP contribution in [0.2, 0.25) is 0 Å². The molecule has 3 rings (SSSR count). The number of amides is 1. The molecule has 1 heterocycles. The Bertz CT molecular complexity index is 783. The van der Waals surface area contributed by atoms with Crippen LogP contribution in [0.3, 0.4) is 0 Å². The number of para-hydroxylation sites is 1. The molecule has 0 aliphatic rings. The van der Waals surface area contributed by atoms with Gasteiger partial charge in [0.1, 0.15) is 0 Å². The van der Waals surface area contributed by atoms with Crippen molar-refractivity contribution in [2.45, 2.75) is 29.4 Å². The molecule has 0 saturated heterocycles. The second-order valence-electron chi connectivity index (χ2n) is 5.76. The van der Waals surface area contributed by atoms with Gasteiger partial charge in [-0.15, -0.1) is 11.3 Å². The predicted octanol–water partition coefficient (Wildman–Crippen LogP) is 4.70. The third kappa shape index (κ3) is 4.16. The van der Waals surface area contributed by atoms with Gasteiger partial charge in [0.05, 0.1) is 15.5 Å². The highest BCUT2D eigenvalue weighted by Gasteiger charge is 2.17. The van der Waals surface area contributed by atoms with Gasteiger partial charge in [-0.1, -0.05) is 61.2 Å². The maximum atomic E-state index is 12.3. The number of thioether (sulfide) groups is 1. The summed E-state index contributed by atoms with van der Waals surface area (Å²) in [5, 5.41) is 2.89. The molecule has 2 aromatic carbocycles. The quantitative estimate of drug-likeness (QED) is 0.651. The van der Waals surface area contributed by atoms with Gasteiger partial charge in [0.2, 0.25) is 5.91 Å². The second-order valence-corrected chi connectivity index (χ2v) is 8.38. The molecule has 3 aromatic rings. The number of carbonyl (C=O) groups excluding carboxylic acids is 1. The van der Waals surface area contributed by atoms with E-state index in [0.29, 0.717) is 12.5 Å². The summed E-state index contributed by atoms with van der Waals surface area (Å²) < 4.78 is 2.10. The lowest BCUT2D eigenvalue weighted by molar-refractivity contribution is -0.120. The van der Waals surface area contributed by atoms with Crippen LogP contribution < -0.4 is 5.32 Å². The van der Waals surface area contributed by atoms with E-state index >= 15 is 0 Å². The summed E-state index contributed by atoms with van der Waals surface area (Å²) in [7, 11) is 0. The van der Waals surface area contributed by atoms with Crippen LogP contribution in [0.15, 0.2) is 58.9 Å². The first-order valence-corrected chi connectivity index (χ1v) is 9.68. The maximum Gasteiger partial charge on any atom is 0.233 e. The first-order valence-electron chi connectivity index (χ1n) is 7.98. The number of hydrogen-bond acceptors (Lipinski definition) is 4. The summed E-state index contributed by atoms with van der Waals surface area (Å²) in [4.78, 5) is 16.9. The van der Waals surface area contributed by atoms with Gasteiger partial charge in [0, 0.05) is 6.54 Å². The van der Waals surface area contributed by atoms with Crippen molar-refractivity contribution in [1.29, 1.82) is 0 Å². The minimum atomic E-state index is -0.159. The highest BCUT2D eigenvalue weighted by molar-refractivity contribution is 8.02. The number of aromatic nitrogens is 1. The summed E-state index contributed by atoms with van der Waals surface area (Å²) in [6.45, 7) is 4.70. The van der Waals surface area contributed by atoms with Crippen LogP contribution in [0.4, 0.5) is 0 Å². The summed E-state index contributed by atoms with van der Waals surface area (Å²) in [5.41, 5.74) is 2.24. The van der Waals surface area contributed by atoms with Crippen molar-refractivity contribution in [3.63, 3.8) is 0 Å². The number of rotatable bonds is 6. The Hall–Kier alpha value is -1.85. The molecule has 124 valence electrons. The van der Waals surface area contributed by atoms with E-state index in [9.17, 15) is 4.79 Å². The van der Waals surface area contributed by atoms with Crippen molar-refractivity contribution in [2.75, 3.05) is 6.54 Å². The van der Waals surface area contributed by atoms with Crippen molar-refractivity contribution in [3.8, 4) is 0 Å². The molecule has 0 radical (unpaired) electrons. The first-order chi connectivity index (χ1) is 11.6. The van der Waals surface area contributed by atoms with Gasteiger partial charge in [-0.05, 0) is 30.5 Å². The van der Waals surface area contributed by atoms with Gasteiger partial charge >= 0.3 is 0 Å². The molecule has 0 saturated carbocycles. The van der Waals surface area contributed by atoms with Crippen LogP contribution in [0, 0.1) is 0 Å². The Morgan fingerprint density at radius 2 is 1.83 bits per heavy atom. The standard InChI is InChI=1S/C19H20N2OS2/c1-13(15-8-4-3-5-9-15)12-20-18(22)14(2)23-19-21-16-10-6-7-11-17(16)24-19/h3-11,13-14H,12H2,1-2H3,(H,20,22)/t13-,14-/m1/s1. The summed E-state index contributed by atoms with van der Waals surface area (Å²) in [6.07, 6.45) is 0. The fourth-order valence-corrected chi connectivity index (χ4v) is 4.64. The highest BCUT2D eigenvalue weighted by Crippen LogP contribution is 2.31. The van der Waals surface area contributed by atoms with E-state index < -0.39 is 0 Å². The predicted molar refractivity (Wildman–Crippen MR) is 103 cm³/mol. The van der Waals surface area contributed by atoms with Crippen molar-refractivity contribution in [1.82, 2.24) is 10.3 Å². The van der Waals surface area contributed by atoms with Crippen molar-refractivity contribution in [3.05, 3.63) is 60.2 Å². The van der Waals surface area contributed by atoms with Gasteiger partial charge < -0.3 is 5.32 Å². The van der Waals surface area contributed by atoms with Crippen LogP contribution in [0.25, 0.3) is 10.2 Å². The molecule has 3 nitrogen and oxygen atoms in total. The second kappa shape index (κ2) is 7.81. The number of hydrogen-bond donors (Lipinski definition) is 1. The van der Waals surface area contributed by atoms with E-state index in [4.69, 9.17) is 0 Å². The third-order valence-electron chi connectivity index (χ3n) is 3.87. The lowest BCUT2D eigenvalue weighted by Gasteiger charge is -2.15. The molecule has 1 N–H and O–H groups in total. The minimum absolute atomic E-state index is 0.0574. The van der Waals surface area contributed by atoms with Crippen LogP contribution in [0.5, 0.6) is 0 Å². The van der Waals surface area contributed by atoms with Crippen molar-refractivity contribution < 1.29 is 4.79 Å². The summed E-state index contributed by atoms with van der Waals surface area (Å²) in [6, 6.07) is 18.3. The van der Waals surface area contributed by atoms with Gasteiger partial charge in [0.25, 0.3) is 0 Å². The molecule has 24 heavy (non-hydrogen) atoms. The monoisotopic (exact) mass is 356 g/mol. The van der Waals surface area contributed by atoms with Crippen LogP contribution >= 0.6 is 23.1 Å². The molecule has 0 fully saturated rings. The third-order valence-corrected chi connectivity index (χ3v) is 6.10. The molecule has 0 unspecified atom stereocenters. The fraction of sp³-hybridized carbons (Fsp3) is 0.263. The Labute approximate surface area is 150 Å². The molecule has 0 aliphatic carbocycles. The number of benzene rings is 2. The molecule has 5 heteroatoms. The summed E-state index contributed by atoms with van der Waals surface area (Å²) >= 11 is 3.16. The first kappa shape index (κ1) is 17.0. The van der Waals surface area contributed by atoms with Crippen LogP contribution in [-0.4, -0.2) is 22.7 Å². The molecule has 0 aliphatic heterocycles. The van der Waals surface area contributed by atoms with Crippen molar-refractivity contribution >= 4 is 39.2 Å². The Kier molecular flexibility index (Phi) is 5.53. The van der Waals surface area contributed by atoms with E-state index in [1.54, 1.807) is 11.3 Å². The molecular formula is C19H20N2OS2. The largest absolute Gasteiger partial charge is 0.355 e. The lowest BCUT2D eigenvalue weighted by Crippen LogP contribution is -2.33. The van der Waals surface area contributed by atoms with Gasteiger partial charge in [0.15, 0.2) is 4.34 Å². The molecule has 1 amide bonds. The van der Waals surface area contributed by atoms with Crippen LogP contribution in [-0.2, 0) is 4.79 Å². The van der Waals surface area contributed by atoms with Gasteiger partial charge in [-0.2, -0.15) is 0 Å². The van der Waals surface area contributed by atoms with Crippen LogP contribution in [0.1, 0.15) is 25.3 Å². The molecule has 0 spiro atoms. The molecule has 1 aromatic heterocycles. The lowest BCUT2D eigenvalue weighted by atomic mass is 10.0. The SMILES string of the molecule is C[C@H](CNC(=O)[C@@H](C)Sc1nc2ccccc2s1)c1ccccc1. The van der Waals surface area contributed by atoms with E-state index in [1.165, 1.54) is 17.3 Å². The Balaban J connectivity index is 1.54. The smallest absolute Gasteiger partial charge is 0.233 e. The molecule has 0 bridgehead atoms. The average Bonchev–Trinajstić information content (AvgIpc) is 3.02. The topological polar surface area (TPSA) is 42.0 Å². The maximum absolute atomic E-state index is 12.3. The van der Waals surface area contributed by atoms with E-state index in [2.05, 4.69) is 35.4 Å². The normalized spacial score (nSPS) is 13.6. The van der Waals surface area contributed by atoms with Crippen molar-refractivity contribution in [2.24, 2.45) is 0 Å². The van der Waals surface area contributed by atoms with E-state index in [0.717, 1.165) is 14.6 Å². The Morgan fingerprint density at radius 1 is 1.12 bits per heavy atom. The minimum Gasteiger partial charge on any atom is -0.355 e. The van der Waals surface area contributed by atoms with E-state index in [-0.39, 0.29) is 11.2 Å². The molecule has 2 atom stereocenters. The number of nitrogens with one attached hydrogen (secondary N) is 1. The number of fused-ring (bicyclic) bond motifs is 1. The number of thiazole rings is 1. The number of carbonyl (C=O) groups is 1. The van der Waals surface area contributed by atoms with Gasteiger partial charge in [-0.25, -0.2) is 4.98 Å². The summed E-state index contributed by atoms with van der Waals surface area (Å²) in [5.74, 6) is 0.358. The number of nitrogens with zero attached hydrogens (tertiary/aromatic N) is 1. The van der Waals surface area contributed by atoms with Gasteiger partial charge in [-0.3, -0.25) is 4.79 Å². The highest BCUT2D eigenvalue weighted by atomic mass is 32.2. The zero-order chi connectivity index (χ0) is 16.9. The fourth-order valence-electron chi connectivity index (χ4n) is 2.40. The molecular weight excluding hydrogens is 336 g/mol. The average molecular weight is 357 g/mol. The van der Waals surface area contributed by atoms with E-state index in [1.807, 2.05) is 43.3 Å². The Morgan fingerprint density at radius 3 is 2.58 bits per heavy atom. The zero-order valence-corrected chi connectivity index (χ0v) is 15.4.